The molecule has 4 nitrogen and oxygen atoms in total. The SMILES string of the molecule is CN1CCN(C2=Nc3ccccc3Oc3ccccc32)CC1.Cl. The predicted molar refractivity (Wildman–Crippen MR) is 95.5 cm³/mol. The molecular weight excluding hydrogens is 310 g/mol. The van der Waals surface area contributed by atoms with Crippen molar-refractivity contribution in [2.24, 2.45) is 4.99 Å². The first-order chi connectivity index (χ1) is 10.8. The van der Waals surface area contributed by atoms with Gasteiger partial charge in [0.1, 0.15) is 17.3 Å². The summed E-state index contributed by atoms with van der Waals surface area (Å²) in [4.78, 5) is 9.64. The fraction of sp³-hybridized carbons (Fsp3) is 0.278. The third-order valence-corrected chi connectivity index (χ3v) is 4.24. The number of rotatable bonds is 0. The topological polar surface area (TPSA) is 28.1 Å². The van der Waals surface area contributed by atoms with E-state index in [-0.39, 0.29) is 12.4 Å². The van der Waals surface area contributed by atoms with Crippen LogP contribution in [0.2, 0.25) is 0 Å². The first kappa shape index (κ1) is 15.8. The van der Waals surface area contributed by atoms with E-state index in [2.05, 4.69) is 22.9 Å². The number of nitrogens with zero attached hydrogens (tertiary/aromatic N) is 3. The molecule has 0 aromatic heterocycles. The number of hydrogen-bond donors (Lipinski definition) is 0. The molecule has 0 spiro atoms. The summed E-state index contributed by atoms with van der Waals surface area (Å²) < 4.78 is 6.09. The molecule has 1 fully saturated rings. The second-order valence-electron chi connectivity index (χ2n) is 5.79. The first-order valence-corrected chi connectivity index (χ1v) is 7.70. The van der Waals surface area contributed by atoms with Gasteiger partial charge in [-0.25, -0.2) is 4.99 Å². The van der Waals surface area contributed by atoms with Crippen molar-refractivity contribution >= 4 is 23.9 Å². The molecule has 2 aliphatic heterocycles. The number of piperazine rings is 1. The Kier molecular flexibility index (Phi) is 4.55. The van der Waals surface area contributed by atoms with Crippen LogP contribution in [0.5, 0.6) is 11.5 Å². The summed E-state index contributed by atoms with van der Waals surface area (Å²) >= 11 is 0. The summed E-state index contributed by atoms with van der Waals surface area (Å²) in [5, 5.41) is 0. The van der Waals surface area contributed by atoms with Gasteiger partial charge in [0.05, 0.1) is 5.56 Å². The van der Waals surface area contributed by atoms with Crippen molar-refractivity contribution in [3.8, 4) is 11.5 Å². The molecule has 0 atom stereocenters. The highest BCUT2D eigenvalue weighted by Crippen LogP contribution is 2.37. The van der Waals surface area contributed by atoms with E-state index >= 15 is 0 Å². The van der Waals surface area contributed by atoms with Crippen LogP contribution >= 0.6 is 12.4 Å². The minimum Gasteiger partial charge on any atom is -0.454 e. The Labute approximate surface area is 142 Å². The monoisotopic (exact) mass is 329 g/mol. The smallest absolute Gasteiger partial charge is 0.153 e. The van der Waals surface area contributed by atoms with Crippen molar-refractivity contribution in [2.45, 2.75) is 0 Å². The Morgan fingerprint density at radius 1 is 0.870 bits per heavy atom. The van der Waals surface area contributed by atoms with Crippen LogP contribution in [-0.4, -0.2) is 48.9 Å². The third-order valence-electron chi connectivity index (χ3n) is 4.24. The van der Waals surface area contributed by atoms with Crippen LogP contribution in [-0.2, 0) is 0 Å². The molecule has 0 unspecified atom stereocenters. The molecule has 2 aromatic rings. The van der Waals surface area contributed by atoms with E-state index in [1.165, 1.54) is 0 Å². The quantitative estimate of drug-likeness (QED) is 0.740. The van der Waals surface area contributed by atoms with Crippen molar-refractivity contribution in [1.82, 2.24) is 9.80 Å². The van der Waals surface area contributed by atoms with Crippen LogP contribution in [0.1, 0.15) is 5.56 Å². The Balaban J connectivity index is 0.00000156. The van der Waals surface area contributed by atoms with Crippen molar-refractivity contribution < 1.29 is 4.74 Å². The Bertz CT molecular complexity index is 724. The van der Waals surface area contributed by atoms with Crippen LogP contribution < -0.4 is 4.74 Å². The van der Waals surface area contributed by atoms with Crippen molar-refractivity contribution in [1.29, 1.82) is 0 Å². The Hall–Kier alpha value is -2.04. The van der Waals surface area contributed by atoms with Crippen molar-refractivity contribution in [3.63, 3.8) is 0 Å². The Morgan fingerprint density at radius 3 is 2.30 bits per heavy atom. The summed E-state index contributed by atoms with van der Waals surface area (Å²) in [6.45, 7) is 4.10. The number of benzene rings is 2. The Morgan fingerprint density at radius 2 is 1.52 bits per heavy atom. The molecule has 0 amide bonds. The molecular formula is C18H20ClN3O. The number of amidine groups is 1. The van der Waals surface area contributed by atoms with Crippen molar-refractivity contribution in [2.75, 3.05) is 33.2 Å². The highest BCUT2D eigenvalue weighted by Gasteiger charge is 2.24. The molecule has 2 aliphatic rings. The molecule has 5 heteroatoms. The lowest BCUT2D eigenvalue weighted by Gasteiger charge is -2.34. The van der Waals surface area contributed by atoms with E-state index in [0.29, 0.717) is 0 Å². The molecule has 120 valence electrons. The zero-order chi connectivity index (χ0) is 14.9. The summed E-state index contributed by atoms with van der Waals surface area (Å²) in [5.74, 6) is 2.72. The number of hydrogen-bond acceptors (Lipinski definition) is 4. The fourth-order valence-electron chi connectivity index (χ4n) is 2.93. The van der Waals surface area contributed by atoms with Gasteiger partial charge in [0.25, 0.3) is 0 Å². The summed E-state index contributed by atoms with van der Waals surface area (Å²) in [5.41, 5.74) is 1.97. The standard InChI is InChI=1S/C18H19N3O.ClH/c1-20-10-12-21(13-11-20)18-14-6-2-4-8-16(14)22-17-9-5-3-7-15(17)19-18;/h2-9H,10-13H2,1H3;1H. The summed E-state index contributed by atoms with van der Waals surface area (Å²) in [6.07, 6.45) is 0. The van der Waals surface area contributed by atoms with Crippen LogP contribution in [0.3, 0.4) is 0 Å². The number of ether oxygens (including phenoxy) is 1. The zero-order valence-corrected chi connectivity index (χ0v) is 13.9. The van der Waals surface area contributed by atoms with E-state index in [0.717, 1.165) is 54.8 Å². The molecule has 2 aromatic carbocycles. The van der Waals surface area contributed by atoms with Gasteiger partial charge in [-0.15, -0.1) is 12.4 Å². The first-order valence-electron chi connectivity index (χ1n) is 7.70. The molecule has 0 N–H and O–H groups in total. The van der Waals surface area contributed by atoms with Crippen molar-refractivity contribution in [3.05, 3.63) is 54.1 Å². The lowest BCUT2D eigenvalue weighted by Crippen LogP contribution is -2.47. The van der Waals surface area contributed by atoms with Crippen LogP contribution in [0, 0.1) is 0 Å². The largest absolute Gasteiger partial charge is 0.454 e. The summed E-state index contributed by atoms with van der Waals surface area (Å²) in [7, 11) is 2.17. The molecule has 0 radical (unpaired) electrons. The minimum absolute atomic E-state index is 0. The molecule has 0 bridgehead atoms. The second-order valence-corrected chi connectivity index (χ2v) is 5.79. The maximum Gasteiger partial charge on any atom is 0.153 e. The van der Waals surface area contributed by atoms with E-state index in [4.69, 9.17) is 9.73 Å². The molecule has 4 rings (SSSR count). The van der Waals surface area contributed by atoms with E-state index < -0.39 is 0 Å². The van der Waals surface area contributed by atoms with Gasteiger partial charge in [-0.3, -0.25) is 0 Å². The van der Waals surface area contributed by atoms with Gasteiger partial charge in [0.2, 0.25) is 0 Å². The molecule has 1 saturated heterocycles. The van der Waals surface area contributed by atoms with Gasteiger partial charge in [-0.1, -0.05) is 24.3 Å². The zero-order valence-electron chi connectivity index (χ0n) is 13.1. The number of fused-ring (bicyclic) bond motifs is 2. The van der Waals surface area contributed by atoms with Crippen LogP contribution in [0.15, 0.2) is 53.5 Å². The summed E-state index contributed by atoms with van der Waals surface area (Å²) in [6, 6.07) is 16.1. The van der Waals surface area contributed by atoms with Gasteiger partial charge in [-0.05, 0) is 31.3 Å². The van der Waals surface area contributed by atoms with Gasteiger partial charge in [0.15, 0.2) is 5.75 Å². The highest BCUT2D eigenvalue weighted by molar-refractivity contribution is 6.03. The third kappa shape index (κ3) is 3.05. The van der Waals surface area contributed by atoms with Gasteiger partial charge < -0.3 is 14.5 Å². The number of aliphatic imine (C=N–C) groups is 1. The predicted octanol–water partition coefficient (Wildman–Crippen LogP) is 3.54. The van der Waals surface area contributed by atoms with Crippen LogP contribution in [0.25, 0.3) is 0 Å². The minimum atomic E-state index is 0. The van der Waals surface area contributed by atoms with Gasteiger partial charge in [-0.2, -0.15) is 0 Å². The maximum absolute atomic E-state index is 6.09. The normalized spacial score (nSPS) is 17.1. The molecule has 2 heterocycles. The van der Waals surface area contributed by atoms with E-state index in [1.807, 2.05) is 42.5 Å². The average molecular weight is 330 g/mol. The van der Waals surface area contributed by atoms with E-state index in [1.54, 1.807) is 0 Å². The molecule has 0 saturated carbocycles. The highest BCUT2D eigenvalue weighted by atomic mass is 35.5. The fourth-order valence-corrected chi connectivity index (χ4v) is 2.93. The van der Waals surface area contributed by atoms with Crippen LogP contribution in [0.4, 0.5) is 5.69 Å². The number of likely N-dealkylation sites (N-methyl/N-ethyl adjacent to an activating group) is 1. The number of para-hydroxylation sites is 3. The van der Waals surface area contributed by atoms with E-state index in [9.17, 15) is 0 Å². The average Bonchev–Trinajstić information content (AvgIpc) is 2.72. The lowest BCUT2D eigenvalue weighted by atomic mass is 10.1. The lowest BCUT2D eigenvalue weighted by molar-refractivity contribution is 0.215. The molecule has 0 aliphatic carbocycles. The molecule has 23 heavy (non-hydrogen) atoms. The maximum atomic E-state index is 6.09. The second kappa shape index (κ2) is 6.60. The van der Waals surface area contributed by atoms with Gasteiger partial charge in [0, 0.05) is 26.2 Å². The number of halogens is 1. The van der Waals surface area contributed by atoms with Gasteiger partial charge >= 0.3 is 0 Å².